The molecule has 116 valence electrons. The summed E-state index contributed by atoms with van der Waals surface area (Å²) in [6.07, 6.45) is 10.7. The predicted octanol–water partition coefficient (Wildman–Crippen LogP) is 4.48. The van der Waals surface area contributed by atoms with E-state index in [4.69, 9.17) is 5.84 Å². The van der Waals surface area contributed by atoms with Gasteiger partial charge in [0, 0.05) is 6.04 Å². The topological polar surface area (TPSA) is 55.9 Å². The number of hydrogen-bond acceptors (Lipinski definition) is 3. The van der Waals surface area contributed by atoms with Gasteiger partial charge in [0.1, 0.15) is 0 Å². The first kappa shape index (κ1) is 17.7. The first-order valence-corrected chi connectivity index (χ1v) is 8.60. The largest absolute Gasteiger partial charge is 0.271 e. The van der Waals surface area contributed by atoms with Crippen molar-refractivity contribution in [2.24, 2.45) is 5.84 Å². The molecule has 0 saturated heterocycles. The average Bonchev–Trinajstić information content (AvgIpc) is 2.80. The maximum absolute atomic E-state index is 5.75. The van der Waals surface area contributed by atoms with Crippen LogP contribution in [-0.4, -0.2) is 9.78 Å². The van der Waals surface area contributed by atoms with Gasteiger partial charge >= 0.3 is 0 Å². The lowest BCUT2D eigenvalue weighted by atomic mass is 10.0. The summed E-state index contributed by atoms with van der Waals surface area (Å²) in [5.74, 6) is 5.75. The van der Waals surface area contributed by atoms with Crippen molar-refractivity contribution in [1.82, 2.24) is 15.2 Å². The van der Waals surface area contributed by atoms with E-state index in [9.17, 15) is 0 Å². The normalized spacial score (nSPS) is 13.1. The molecule has 1 unspecified atom stereocenters. The number of aromatic nitrogens is 2. The number of unbranched alkanes of at least 4 members (excludes halogenated alkanes) is 5. The van der Waals surface area contributed by atoms with Gasteiger partial charge in [0.15, 0.2) is 0 Å². The Hall–Kier alpha value is -0.390. The fraction of sp³-hybridized carbons (Fsp3) is 0.800. The molecule has 1 aromatic rings. The van der Waals surface area contributed by atoms with E-state index in [1.165, 1.54) is 38.5 Å². The first-order valence-electron chi connectivity index (χ1n) is 7.80. The van der Waals surface area contributed by atoms with Crippen molar-refractivity contribution in [3.63, 3.8) is 0 Å². The van der Waals surface area contributed by atoms with Crippen molar-refractivity contribution in [1.29, 1.82) is 0 Å². The summed E-state index contributed by atoms with van der Waals surface area (Å²) in [5, 5.41) is 4.43. The molecular weight excluding hydrogens is 316 g/mol. The van der Waals surface area contributed by atoms with Crippen molar-refractivity contribution in [3.05, 3.63) is 16.4 Å². The third-order valence-corrected chi connectivity index (χ3v) is 4.26. The Morgan fingerprint density at radius 2 is 1.90 bits per heavy atom. The zero-order valence-electron chi connectivity index (χ0n) is 13.0. The average molecular weight is 345 g/mol. The van der Waals surface area contributed by atoms with Gasteiger partial charge in [0.25, 0.3) is 0 Å². The zero-order chi connectivity index (χ0) is 15.0. The second-order valence-electron chi connectivity index (χ2n) is 5.69. The molecule has 20 heavy (non-hydrogen) atoms. The molecule has 0 amide bonds. The molecule has 0 aromatic carbocycles. The summed E-state index contributed by atoms with van der Waals surface area (Å²) in [4.78, 5) is 0. The second kappa shape index (κ2) is 9.53. The third-order valence-electron chi connectivity index (χ3n) is 3.65. The van der Waals surface area contributed by atoms with Gasteiger partial charge in [-0.1, -0.05) is 45.4 Å². The Morgan fingerprint density at radius 3 is 2.50 bits per heavy atom. The number of halogens is 1. The number of hydrogen-bond donors (Lipinski definition) is 2. The van der Waals surface area contributed by atoms with Crippen LogP contribution in [0.5, 0.6) is 0 Å². The maximum atomic E-state index is 5.75. The fourth-order valence-electron chi connectivity index (χ4n) is 2.52. The fourth-order valence-corrected chi connectivity index (χ4v) is 3.07. The van der Waals surface area contributed by atoms with E-state index in [0.717, 1.165) is 16.6 Å². The molecule has 0 saturated carbocycles. The van der Waals surface area contributed by atoms with Crippen LogP contribution in [0.15, 0.2) is 10.7 Å². The number of nitrogens with zero attached hydrogens (tertiary/aromatic N) is 2. The minimum Gasteiger partial charge on any atom is -0.271 e. The summed E-state index contributed by atoms with van der Waals surface area (Å²) in [5.41, 5.74) is 4.11. The predicted molar refractivity (Wildman–Crippen MR) is 88.4 cm³/mol. The molecule has 0 aliphatic carbocycles. The van der Waals surface area contributed by atoms with E-state index in [-0.39, 0.29) is 6.04 Å². The van der Waals surface area contributed by atoms with Crippen molar-refractivity contribution in [2.45, 2.75) is 77.8 Å². The molecule has 1 heterocycles. The van der Waals surface area contributed by atoms with Crippen molar-refractivity contribution < 1.29 is 0 Å². The second-order valence-corrected chi connectivity index (χ2v) is 6.55. The van der Waals surface area contributed by atoms with Gasteiger partial charge in [-0.15, -0.1) is 0 Å². The highest BCUT2D eigenvalue weighted by atomic mass is 79.9. The van der Waals surface area contributed by atoms with Gasteiger partial charge in [-0.25, -0.2) is 0 Å². The van der Waals surface area contributed by atoms with E-state index < -0.39 is 0 Å². The van der Waals surface area contributed by atoms with E-state index >= 15 is 0 Å². The lowest BCUT2D eigenvalue weighted by Crippen LogP contribution is -2.30. The van der Waals surface area contributed by atoms with Crippen LogP contribution in [0, 0.1) is 0 Å². The lowest BCUT2D eigenvalue weighted by Gasteiger charge is -2.20. The summed E-state index contributed by atoms with van der Waals surface area (Å²) in [7, 11) is 0. The Kier molecular flexibility index (Phi) is 8.41. The first-order chi connectivity index (χ1) is 9.61. The molecule has 0 radical (unpaired) electrons. The lowest BCUT2D eigenvalue weighted by molar-refractivity contribution is 0.417. The van der Waals surface area contributed by atoms with Crippen LogP contribution >= 0.6 is 15.9 Å². The molecule has 0 bridgehead atoms. The SMILES string of the molecule is CCCCCCCCC(NN)c1c(Br)cnn1C(C)C. The highest BCUT2D eigenvalue weighted by Crippen LogP contribution is 2.28. The highest BCUT2D eigenvalue weighted by Gasteiger charge is 2.20. The Morgan fingerprint density at radius 1 is 1.25 bits per heavy atom. The number of hydrazine groups is 1. The van der Waals surface area contributed by atoms with Crippen LogP contribution in [0.1, 0.15) is 83.5 Å². The van der Waals surface area contributed by atoms with Gasteiger partial charge in [-0.2, -0.15) is 5.10 Å². The van der Waals surface area contributed by atoms with Gasteiger partial charge in [-0.05, 0) is 36.2 Å². The summed E-state index contributed by atoms with van der Waals surface area (Å²) in [6.45, 7) is 6.53. The van der Waals surface area contributed by atoms with Gasteiger partial charge in [-0.3, -0.25) is 16.0 Å². The molecule has 5 heteroatoms. The van der Waals surface area contributed by atoms with E-state index in [1.54, 1.807) is 0 Å². The van der Waals surface area contributed by atoms with Crippen molar-refractivity contribution in [3.8, 4) is 0 Å². The molecule has 4 nitrogen and oxygen atoms in total. The van der Waals surface area contributed by atoms with Crippen molar-refractivity contribution in [2.75, 3.05) is 0 Å². The highest BCUT2D eigenvalue weighted by molar-refractivity contribution is 9.10. The molecule has 0 aliphatic rings. The number of nitrogens with two attached hydrogens (primary N) is 1. The van der Waals surface area contributed by atoms with Crippen LogP contribution in [0.4, 0.5) is 0 Å². The number of nitrogens with one attached hydrogen (secondary N) is 1. The smallest absolute Gasteiger partial charge is 0.0712 e. The maximum Gasteiger partial charge on any atom is 0.0712 e. The molecule has 0 spiro atoms. The quantitative estimate of drug-likeness (QED) is 0.373. The molecule has 0 fully saturated rings. The third kappa shape index (κ3) is 5.19. The van der Waals surface area contributed by atoms with Gasteiger partial charge in [0.05, 0.1) is 22.4 Å². The van der Waals surface area contributed by atoms with Crippen LogP contribution in [0.2, 0.25) is 0 Å². The van der Waals surface area contributed by atoms with Crippen LogP contribution in [0.3, 0.4) is 0 Å². The summed E-state index contributed by atoms with van der Waals surface area (Å²) in [6, 6.07) is 0.511. The Bertz CT molecular complexity index is 376. The van der Waals surface area contributed by atoms with Gasteiger partial charge < -0.3 is 0 Å². The Balaban J connectivity index is 2.52. The van der Waals surface area contributed by atoms with Crippen LogP contribution in [-0.2, 0) is 0 Å². The molecular formula is C15H29BrN4. The molecule has 1 atom stereocenters. The monoisotopic (exact) mass is 344 g/mol. The molecule has 3 N–H and O–H groups in total. The van der Waals surface area contributed by atoms with Crippen molar-refractivity contribution >= 4 is 15.9 Å². The summed E-state index contributed by atoms with van der Waals surface area (Å²) < 4.78 is 3.09. The van der Waals surface area contributed by atoms with E-state index in [1.807, 2.05) is 10.9 Å². The van der Waals surface area contributed by atoms with Gasteiger partial charge in [0.2, 0.25) is 0 Å². The van der Waals surface area contributed by atoms with Crippen LogP contribution < -0.4 is 11.3 Å². The minimum atomic E-state index is 0.167. The van der Waals surface area contributed by atoms with E-state index in [0.29, 0.717) is 6.04 Å². The Labute approximate surface area is 131 Å². The molecule has 1 aromatic heterocycles. The zero-order valence-corrected chi connectivity index (χ0v) is 14.6. The standard InChI is InChI=1S/C15H29BrN4/c1-4-5-6-7-8-9-10-14(19-17)15-13(16)11-18-20(15)12(2)3/h11-12,14,19H,4-10,17H2,1-3H3. The molecule has 1 rings (SSSR count). The molecule has 0 aliphatic heterocycles. The summed E-state index contributed by atoms with van der Waals surface area (Å²) >= 11 is 3.59. The van der Waals surface area contributed by atoms with Crippen LogP contribution in [0.25, 0.3) is 0 Å². The number of rotatable bonds is 10. The van der Waals surface area contributed by atoms with E-state index in [2.05, 4.69) is 47.2 Å². The minimum absolute atomic E-state index is 0.167.